The van der Waals surface area contributed by atoms with Gasteiger partial charge in [-0.3, -0.25) is 0 Å². The Morgan fingerprint density at radius 2 is 2.38 bits per heavy atom. The van der Waals surface area contributed by atoms with Crippen LogP contribution in [0.5, 0.6) is 0 Å². The normalized spacial score (nSPS) is 11.8. The van der Waals surface area contributed by atoms with Gasteiger partial charge in [0.1, 0.15) is 6.33 Å². The van der Waals surface area contributed by atoms with Crippen molar-refractivity contribution in [3.63, 3.8) is 0 Å². The first-order valence-electron chi connectivity index (χ1n) is 4.02. The number of hydrogen-bond acceptors (Lipinski definition) is 4. The largest absolute Gasteiger partial charge is 0.275 e. The number of nitrogens with zero attached hydrogens (tertiary/aromatic N) is 2. The summed E-state index contributed by atoms with van der Waals surface area (Å²) >= 11 is 0. The Hall–Kier alpha value is -0.950. The SMILES string of the molecule is CCCCNS(=O)(=O)c1ncn[nH]1. The third kappa shape index (κ3) is 2.78. The van der Waals surface area contributed by atoms with E-state index in [1.807, 2.05) is 6.92 Å². The van der Waals surface area contributed by atoms with Crippen LogP contribution in [0.3, 0.4) is 0 Å². The van der Waals surface area contributed by atoms with E-state index in [9.17, 15) is 8.42 Å². The van der Waals surface area contributed by atoms with Gasteiger partial charge >= 0.3 is 0 Å². The van der Waals surface area contributed by atoms with E-state index in [0.29, 0.717) is 6.54 Å². The predicted octanol–water partition coefficient (Wildman–Crippen LogP) is -0.117. The highest BCUT2D eigenvalue weighted by Crippen LogP contribution is 1.97. The Labute approximate surface area is 76.8 Å². The van der Waals surface area contributed by atoms with Crippen LogP contribution in [0.2, 0.25) is 0 Å². The van der Waals surface area contributed by atoms with Crippen LogP contribution < -0.4 is 4.72 Å². The molecule has 0 saturated heterocycles. The van der Waals surface area contributed by atoms with E-state index in [2.05, 4.69) is 19.9 Å². The highest BCUT2D eigenvalue weighted by Gasteiger charge is 2.15. The molecule has 74 valence electrons. The highest BCUT2D eigenvalue weighted by molar-refractivity contribution is 7.89. The molecule has 0 amide bonds. The lowest BCUT2D eigenvalue weighted by molar-refractivity contribution is 0.570. The summed E-state index contributed by atoms with van der Waals surface area (Å²) < 4.78 is 25.0. The van der Waals surface area contributed by atoms with Crippen LogP contribution in [0.25, 0.3) is 0 Å². The van der Waals surface area contributed by atoms with E-state index in [0.717, 1.165) is 19.2 Å². The smallest absolute Gasteiger partial charge is 0.249 e. The number of sulfonamides is 1. The van der Waals surface area contributed by atoms with Crippen LogP contribution in [-0.4, -0.2) is 30.1 Å². The van der Waals surface area contributed by atoms with Gasteiger partial charge in [-0.1, -0.05) is 13.3 Å². The fourth-order valence-corrected chi connectivity index (χ4v) is 1.68. The minimum absolute atomic E-state index is 0.136. The van der Waals surface area contributed by atoms with Crippen molar-refractivity contribution in [2.45, 2.75) is 24.9 Å². The Morgan fingerprint density at radius 3 is 2.92 bits per heavy atom. The van der Waals surface area contributed by atoms with Gasteiger partial charge in [0.15, 0.2) is 0 Å². The summed E-state index contributed by atoms with van der Waals surface area (Å²) in [5.74, 6) is 0. The number of aromatic nitrogens is 3. The fraction of sp³-hybridized carbons (Fsp3) is 0.667. The lowest BCUT2D eigenvalue weighted by Gasteiger charge is -2.01. The molecule has 0 unspecified atom stereocenters. The van der Waals surface area contributed by atoms with Crippen LogP contribution >= 0.6 is 0 Å². The summed E-state index contributed by atoms with van der Waals surface area (Å²) in [6.45, 7) is 2.42. The van der Waals surface area contributed by atoms with Crippen LogP contribution in [0.4, 0.5) is 0 Å². The molecule has 1 aromatic heterocycles. The first kappa shape index (κ1) is 10.1. The molecular formula is C6H12N4O2S. The summed E-state index contributed by atoms with van der Waals surface area (Å²) in [5, 5.41) is 5.62. The van der Waals surface area contributed by atoms with E-state index < -0.39 is 10.0 Å². The van der Waals surface area contributed by atoms with Crippen molar-refractivity contribution in [1.82, 2.24) is 19.9 Å². The Bertz CT molecular complexity index is 332. The van der Waals surface area contributed by atoms with E-state index in [1.165, 1.54) is 0 Å². The van der Waals surface area contributed by atoms with Crippen molar-refractivity contribution in [2.75, 3.05) is 6.54 Å². The Kier molecular flexibility index (Phi) is 3.38. The maximum absolute atomic E-state index is 11.3. The minimum Gasteiger partial charge on any atom is -0.249 e. The molecule has 0 spiro atoms. The lowest BCUT2D eigenvalue weighted by atomic mass is 10.3. The zero-order chi connectivity index (χ0) is 9.73. The summed E-state index contributed by atoms with van der Waals surface area (Å²) in [6.07, 6.45) is 2.92. The van der Waals surface area contributed by atoms with Gasteiger partial charge in [-0.05, 0) is 6.42 Å². The Morgan fingerprint density at radius 1 is 1.62 bits per heavy atom. The first-order chi connectivity index (χ1) is 6.17. The van der Waals surface area contributed by atoms with Crippen molar-refractivity contribution in [1.29, 1.82) is 0 Å². The van der Waals surface area contributed by atoms with Gasteiger partial charge in [-0.25, -0.2) is 23.2 Å². The van der Waals surface area contributed by atoms with Gasteiger partial charge in [0.2, 0.25) is 0 Å². The number of nitrogens with one attached hydrogen (secondary N) is 2. The Balaban J connectivity index is 2.58. The maximum atomic E-state index is 11.3. The molecule has 0 aromatic carbocycles. The molecule has 0 aliphatic rings. The molecule has 0 atom stereocenters. The molecule has 1 rings (SSSR count). The number of H-pyrrole nitrogens is 1. The second-order valence-electron chi connectivity index (χ2n) is 2.54. The van der Waals surface area contributed by atoms with Crippen molar-refractivity contribution in [2.24, 2.45) is 0 Å². The highest BCUT2D eigenvalue weighted by atomic mass is 32.2. The topological polar surface area (TPSA) is 87.7 Å². The van der Waals surface area contributed by atoms with Crippen molar-refractivity contribution in [3.05, 3.63) is 6.33 Å². The number of aromatic amines is 1. The number of rotatable bonds is 5. The number of hydrogen-bond donors (Lipinski definition) is 2. The van der Waals surface area contributed by atoms with E-state index >= 15 is 0 Å². The molecule has 1 aromatic rings. The van der Waals surface area contributed by atoms with Gasteiger partial charge in [-0.2, -0.15) is 5.10 Å². The third-order valence-corrected chi connectivity index (χ3v) is 2.76. The van der Waals surface area contributed by atoms with Gasteiger partial charge in [0.05, 0.1) is 0 Å². The molecule has 7 heteroatoms. The summed E-state index contributed by atoms with van der Waals surface area (Å²) in [4.78, 5) is 3.55. The molecular weight excluding hydrogens is 192 g/mol. The maximum Gasteiger partial charge on any atom is 0.275 e. The van der Waals surface area contributed by atoms with E-state index in [4.69, 9.17) is 0 Å². The zero-order valence-corrected chi connectivity index (χ0v) is 8.13. The molecule has 0 aliphatic carbocycles. The van der Waals surface area contributed by atoms with Crippen LogP contribution in [0.1, 0.15) is 19.8 Å². The molecule has 0 saturated carbocycles. The molecule has 0 aliphatic heterocycles. The van der Waals surface area contributed by atoms with Gasteiger partial charge in [0, 0.05) is 6.54 Å². The molecule has 1 heterocycles. The van der Waals surface area contributed by atoms with E-state index in [1.54, 1.807) is 0 Å². The molecule has 2 N–H and O–H groups in total. The first-order valence-corrected chi connectivity index (χ1v) is 5.50. The number of unbranched alkanes of at least 4 members (excludes halogenated alkanes) is 1. The monoisotopic (exact) mass is 204 g/mol. The minimum atomic E-state index is -3.47. The summed E-state index contributed by atoms with van der Waals surface area (Å²) in [5.41, 5.74) is 0. The van der Waals surface area contributed by atoms with Crippen LogP contribution in [-0.2, 0) is 10.0 Å². The summed E-state index contributed by atoms with van der Waals surface area (Å²) in [6, 6.07) is 0. The van der Waals surface area contributed by atoms with Crippen LogP contribution in [0.15, 0.2) is 11.5 Å². The lowest BCUT2D eigenvalue weighted by Crippen LogP contribution is -2.25. The second kappa shape index (κ2) is 4.33. The zero-order valence-electron chi connectivity index (χ0n) is 7.32. The molecule has 0 fully saturated rings. The molecule has 6 nitrogen and oxygen atoms in total. The second-order valence-corrected chi connectivity index (χ2v) is 4.22. The van der Waals surface area contributed by atoms with Crippen LogP contribution in [0, 0.1) is 0 Å². The van der Waals surface area contributed by atoms with Crippen molar-refractivity contribution in [3.8, 4) is 0 Å². The fourth-order valence-electron chi connectivity index (χ4n) is 0.775. The standard InChI is InChI=1S/C6H12N4O2S/c1-2-3-4-9-13(11,12)6-7-5-8-10-6/h5,9H,2-4H2,1H3,(H,7,8,10). The van der Waals surface area contributed by atoms with Gasteiger partial charge in [-0.15, -0.1) is 0 Å². The third-order valence-electron chi connectivity index (χ3n) is 1.47. The van der Waals surface area contributed by atoms with Gasteiger partial charge < -0.3 is 0 Å². The van der Waals surface area contributed by atoms with Crippen molar-refractivity contribution >= 4 is 10.0 Å². The molecule has 13 heavy (non-hydrogen) atoms. The quantitative estimate of drug-likeness (QED) is 0.655. The van der Waals surface area contributed by atoms with Crippen molar-refractivity contribution < 1.29 is 8.42 Å². The average Bonchev–Trinajstić information content (AvgIpc) is 2.56. The van der Waals surface area contributed by atoms with Gasteiger partial charge in [0.25, 0.3) is 15.2 Å². The summed E-state index contributed by atoms with van der Waals surface area (Å²) in [7, 11) is -3.47. The van der Waals surface area contributed by atoms with E-state index in [-0.39, 0.29) is 5.16 Å². The molecule has 0 radical (unpaired) electrons. The predicted molar refractivity (Wildman–Crippen MR) is 46.5 cm³/mol. The average molecular weight is 204 g/mol. The molecule has 0 bridgehead atoms.